The van der Waals surface area contributed by atoms with Gasteiger partial charge in [-0.3, -0.25) is 4.90 Å². The predicted molar refractivity (Wildman–Crippen MR) is 128 cm³/mol. The van der Waals surface area contributed by atoms with Crippen molar-refractivity contribution < 1.29 is 24.2 Å². The molecule has 0 saturated carbocycles. The third-order valence-corrected chi connectivity index (χ3v) is 5.60. The number of anilines is 1. The molecule has 33 heavy (non-hydrogen) atoms. The van der Waals surface area contributed by atoms with Gasteiger partial charge < -0.3 is 24.7 Å². The second-order valence-corrected chi connectivity index (χ2v) is 8.02. The van der Waals surface area contributed by atoms with Crippen molar-refractivity contribution in [2.45, 2.75) is 25.5 Å². The highest BCUT2D eigenvalue weighted by atomic mass is 35.5. The summed E-state index contributed by atoms with van der Waals surface area (Å²) >= 11 is 6.27. The Morgan fingerprint density at radius 3 is 2.70 bits per heavy atom. The molecule has 0 aromatic heterocycles. The molecule has 2 aromatic rings. The molecule has 9 heteroatoms. The van der Waals surface area contributed by atoms with Crippen LogP contribution in [-0.2, 0) is 9.57 Å². The van der Waals surface area contributed by atoms with Crippen LogP contribution in [0.1, 0.15) is 30.5 Å². The Kier molecular flexibility index (Phi) is 8.96. The highest BCUT2D eigenvalue weighted by Gasteiger charge is 2.29. The number of hydrogen-bond donors (Lipinski definition) is 3. The van der Waals surface area contributed by atoms with Gasteiger partial charge in [0.15, 0.2) is 0 Å². The number of halogens is 1. The maximum absolute atomic E-state index is 12.7. The molecule has 0 spiro atoms. The van der Waals surface area contributed by atoms with Crippen molar-refractivity contribution in [1.82, 2.24) is 4.90 Å². The Morgan fingerprint density at radius 1 is 1.27 bits per heavy atom. The van der Waals surface area contributed by atoms with E-state index in [1.54, 1.807) is 24.0 Å². The summed E-state index contributed by atoms with van der Waals surface area (Å²) in [6.45, 7) is 2.65. The highest BCUT2D eigenvalue weighted by Crippen LogP contribution is 2.37. The van der Waals surface area contributed by atoms with Gasteiger partial charge in [0.2, 0.25) is 0 Å². The lowest BCUT2D eigenvalue weighted by atomic mass is 9.91. The van der Waals surface area contributed by atoms with Crippen LogP contribution in [0, 0.1) is 0 Å². The number of carbonyl (C=O) groups excluding carboxylic acids is 1. The van der Waals surface area contributed by atoms with E-state index in [1.165, 1.54) is 0 Å². The van der Waals surface area contributed by atoms with Crippen molar-refractivity contribution in [1.29, 1.82) is 0 Å². The molecule has 178 valence electrons. The van der Waals surface area contributed by atoms with Gasteiger partial charge in [-0.15, -0.1) is 0 Å². The van der Waals surface area contributed by atoms with Crippen LogP contribution in [-0.4, -0.2) is 55.6 Å². The minimum absolute atomic E-state index is 0.0136. The zero-order chi connectivity index (χ0) is 23.8. The molecule has 1 amide bonds. The van der Waals surface area contributed by atoms with Gasteiger partial charge >= 0.3 is 6.09 Å². The van der Waals surface area contributed by atoms with Crippen molar-refractivity contribution in [3.05, 3.63) is 64.7 Å². The Labute approximate surface area is 198 Å². The van der Waals surface area contributed by atoms with Gasteiger partial charge in [-0.1, -0.05) is 29.8 Å². The molecule has 0 saturated heterocycles. The molecular weight excluding hydrogens is 446 g/mol. The number of rotatable bonds is 9. The van der Waals surface area contributed by atoms with E-state index in [9.17, 15) is 9.90 Å². The van der Waals surface area contributed by atoms with Crippen LogP contribution in [0.3, 0.4) is 0 Å². The highest BCUT2D eigenvalue weighted by molar-refractivity contribution is 6.30. The molecule has 0 fully saturated rings. The maximum atomic E-state index is 12.7. The van der Waals surface area contributed by atoms with E-state index in [0.717, 1.165) is 22.4 Å². The third kappa shape index (κ3) is 6.39. The lowest BCUT2D eigenvalue weighted by molar-refractivity contribution is 0.0116. The van der Waals surface area contributed by atoms with E-state index in [-0.39, 0.29) is 25.3 Å². The molecule has 0 aliphatic carbocycles. The first kappa shape index (κ1) is 24.9. The van der Waals surface area contributed by atoms with Gasteiger partial charge in [-0.25, -0.2) is 10.7 Å². The van der Waals surface area contributed by atoms with Crippen molar-refractivity contribution in [3.8, 4) is 5.75 Å². The van der Waals surface area contributed by atoms with Gasteiger partial charge in [0, 0.05) is 29.9 Å². The Balaban J connectivity index is 1.89. The van der Waals surface area contributed by atoms with E-state index in [2.05, 4.69) is 16.2 Å². The number of nitrogens with two attached hydrogens (primary N) is 1. The van der Waals surface area contributed by atoms with Gasteiger partial charge in [0.05, 0.1) is 19.3 Å². The minimum Gasteiger partial charge on any atom is -0.491 e. The number of ether oxygens (including phenoxy) is 2. The van der Waals surface area contributed by atoms with E-state index in [4.69, 9.17) is 27.0 Å². The van der Waals surface area contributed by atoms with Gasteiger partial charge in [-0.2, -0.15) is 0 Å². The first-order valence-corrected chi connectivity index (χ1v) is 11.2. The number of nitrogens with zero attached hydrogens (tertiary/aromatic N) is 1. The summed E-state index contributed by atoms with van der Waals surface area (Å²) in [6.07, 6.45) is 1.57. The Morgan fingerprint density at radius 2 is 2.03 bits per heavy atom. The molecule has 1 aliphatic heterocycles. The van der Waals surface area contributed by atoms with Crippen LogP contribution in [0.15, 0.2) is 48.5 Å². The Bertz CT molecular complexity index is 967. The van der Waals surface area contributed by atoms with Crippen LogP contribution in [0.4, 0.5) is 10.5 Å². The summed E-state index contributed by atoms with van der Waals surface area (Å²) < 4.78 is 10.9. The van der Waals surface area contributed by atoms with Crippen LogP contribution in [0.5, 0.6) is 5.75 Å². The zero-order valence-electron chi connectivity index (χ0n) is 18.8. The lowest BCUT2D eigenvalue weighted by Gasteiger charge is -2.34. The SMILES string of the molecule is CCOC(=O)N1CCC(c2cc(Cl)ccc2NC)=CC1c1ccc(OCC(O)CON)cc1. The summed E-state index contributed by atoms with van der Waals surface area (Å²) in [5, 5.41) is 13.6. The summed E-state index contributed by atoms with van der Waals surface area (Å²) in [5.41, 5.74) is 3.98. The fourth-order valence-corrected chi connectivity index (χ4v) is 3.94. The summed E-state index contributed by atoms with van der Waals surface area (Å²) in [6, 6.07) is 12.8. The van der Waals surface area contributed by atoms with Gasteiger partial charge in [0.1, 0.15) is 18.5 Å². The number of amides is 1. The molecule has 2 aromatic carbocycles. The number of aliphatic hydroxyl groups excluding tert-OH is 1. The minimum atomic E-state index is -0.822. The topological polar surface area (TPSA) is 106 Å². The lowest BCUT2D eigenvalue weighted by Crippen LogP contribution is -2.37. The normalized spacial score (nSPS) is 16.7. The van der Waals surface area contributed by atoms with Crippen LogP contribution in [0.2, 0.25) is 5.02 Å². The molecule has 1 heterocycles. The van der Waals surface area contributed by atoms with Crippen molar-refractivity contribution in [2.24, 2.45) is 5.90 Å². The summed E-state index contributed by atoms with van der Waals surface area (Å²) in [7, 11) is 1.87. The molecule has 0 bridgehead atoms. The van der Waals surface area contributed by atoms with Crippen molar-refractivity contribution in [3.63, 3.8) is 0 Å². The standard InChI is InChI=1S/C24H30ClN3O5/c1-3-31-24(30)28-11-10-17(21-13-18(25)6-9-22(21)27-2)12-23(28)16-4-7-20(8-5-16)32-14-19(29)15-33-26/h4-9,12-13,19,23,27,29H,3,10-11,14-15,26H2,1-2H3. The predicted octanol–water partition coefficient (Wildman–Crippen LogP) is 4.00. The Hall–Kier alpha value is -2.78. The average Bonchev–Trinajstić information content (AvgIpc) is 2.83. The molecular formula is C24H30ClN3O5. The molecule has 4 N–H and O–H groups in total. The average molecular weight is 476 g/mol. The molecule has 0 radical (unpaired) electrons. The van der Waals surface area contributed by atoms with Crippen molar-refractivity contribution in [2.75, 3.05) is 38.7 Å². The quantitative estimate of drug-likeness (QED) is 0.470. The van der Waals surface area contributed by atoms with E-state index >= 15 is 0 Å². The monoisotopic (exact) mass is 475 g/mol. The second kappa shape index (κ2) is 11.9. The van der Waals surface area contributed by atoms with Crippen LogP contribution >= 0.6 is 11.6 Å². The molecule has 2 unspecified atom stereocenters. The molecule has 1 aliphatic rings. The van der Waals surface area contributed by atoms with E-state index in [1.807, 2.05) is 37.4 Å². The third-order valence-electron chi connectivity index (χ3n) is 5.37. The van der Waals surface area contributed by atoms with Gasteiger partial charge in [-0.05, 0) is 54.8 Å². The van der Waals surface area contributed by atoms with Gasteiger partial charge in [0.25, 0.3) is 0 Å². The first-order chi connectivity index (χ1) is 16.0. The second-order valence-electron chi connectivity index (χ2n) is 7.59. The largest absolute Gasteiger partial charge is 0.491 e. The van der Waals surface area contributed by atoms with E-state index in [0.29, 0.717) is 30.3 Å². The molecule has 8 nitrogen and oxygen atoms in total. The molecule has 3 rings (SSSR count). The maximum Gasteiger partial charge on any atom is 0.410 e. The molecule has 2 atom stereocenters. The summed E-state index contributed by atoms with van der Waals surface area (Å²) in [5.74, 6) is 5.55. The zero-order valence-corrected chi connectivity index (χ0v) is 19.5. The fourth-order valence-electron chi connectivity index (χ4n) is 3.77. The number of benzene rings is 2. The van der Waals surface area contributed by atoms with Crippen molar-refractivity contribution >= 4 is 29.0 Å². The fraction of sp³-hybridized carbons (Fsp3) is 0.375. The van der Waals surface area contributed by atoms with E-state index < -0.39 is 6.10 Å². The smallest absolute Gasteiger partial charge is 0.410 e. The van der Waals surface area contributed by atoms with Crippen LogP contribution < -0.4 is 16.0 Å². The number of aliphatic hydroxyl groups is 1. The number of carbonyl (C=O) groups is 1. The van der Waals surface area contributed by atoms with Crippen LogP contribution in [0.25, 0.3) is 5.57 Å². The number of nitrogens with one attached hydrogen (secondary N) is 1. The summed E-state index contributed by atoms with van der Waals surface area (Å²) in [4.78, 5) is 18.8. The first-order valence-electron chi connectivity index (χ1n) is 10.8. The number of hydrogen-bond acceptors (Lipinski definition) is 7.